The van der Waals surface area contributed by atoms with Crippen LogP contribution in [0.4, 0.5) is 0 Å². The second-order valence-electron chi connectivity index (χ2n) is 5.14. The topological polar surface area (TPSA) is 171 Å². The second kappa shape index (κ2) is 16.6. The van der Waals surface area contributed by atoms with E-state index in [-0.39, 0.29) is 5.97 Å². The lowest BCUT2D eigenvalue weighted by Gasteiger charge is -2.18. The SMILES string of the molecule is C/C=C/C=C/C(=O)OCC.O=C(O)CC(O)(CC(=O)O)C(=O)O.c1ccncc1. The number of esters is 1. The fourth-order valence-electron chi connectivity index (χ4n) is 1.46. The number of hydrogen-bond donors (Lipinski definition) is 4. The standard InChI is InChI=1S/C8H12O2.C6H8O7.C5H5N/c1-3-5-6-7-8(9)10-4-2;7-3(8)1-6(13,5(11)12)2-4(9)10;1-2-4-6-5-3-1/h3,5-7H,4H2,1-2H3;13H,1-2H2,(H,7,8)(H,9,10)(H,11,12);1-5H/b5-3+,7-6+;;. The Morgan fingerprint density at radius 3 is 1.76 bits per heavy atom. The van der Waals surface area contributed by atoms with Gasteiger partial charge in [-0.1, -0.05) is 24.3 Å². The van der Waals surface area contributed by atoms with Crippen molar-refractivity contribution in [3.05, 3.63) is 54.9 Å². The predicted octanol–water partition coefficient (Wildman–Crippen LogP) is 1.51. The average Bonchev–Trinajstić information content (AvgIpc) is 2.63. The molecule has 0 spiro atoms. The van der Waals surface area contributed by atoms with Gasteiger partial charge >= 0.3 is 23.9 Å². The quantitative estimate of drug-likeness (QED) is 0.279. The van der Waals surface area contributed by atoms with E-state index < -0.39 is 36.4 Å². The van der Waals surface area contributed by atoms with Crippen LogP contribution in [0, 0.1) is 0 Å². The van der Waals surface area contributed by atoms with Crippen molar-refractivity contribution in [3.63, 3.8) is 0 Å². The predicted molar refractivity (Wildman–Crippen MR) is 102 cm³/mol. The Kier molecular flexibility index (Phi) is 15.9. The van der Waals surface area contributed by atoms with Gasteiger partial charge in [0.25, 0.3) is 0 Å². The zero-order valence-electron chi connectivity index (χ0n) is 16.1. The van der Waals surface area contributed by atoms with Gasteiger partial charge in [0.2, 0.25) is 0 Å². The van der Waals surface area contributed by atoms with Crippen molar-refractivity contribution < 1.29 is 44.3 Å². The lowest BCUT2D eigenvalue weighted by molar-refractivity contribution is -0.170. The Bertz CT molecular complexity index is 641. The maximum atomic E-state index is 10.6. The summed E-state index contributed by atoms with van der Waals surface area (Å²) >= 11 is 0. The van der Waals surface area contributed by atoms with Crippen LogP contribution in [0.1, 0.15) is 26.7 Å². The van der Waals surface area contributed by atoms with Crippen molar-refractivity contribution >= 4 is 23.9 Å². The van der Waals surface area contributed by atoms with Gasteiger partial charge in [-0.15, -0.1) is 0 Å². The Morgan fingerprint density at radius 1 is 0.966 bits per heavy atom. The first kappa shape index (κ1) is 27.7. The van der Waals surface area contributed by atoms with Crippen molar-refractivity contribution in [2.45, 2.75) is 32.3 Å². The van der Waals surface area contributed by atoms with Crippen molar-refractivity contribution in [1.29, 1.82) is 0 Å². The van der Waals surface area contributed by atoms with Gasteiger partial charge in [-0.3, -0.25) is 14.6 Å². The molecule has 0 amide bonds. The molecule has 0 unspecified atom stereocenters. The van der Waals surface area contributed by atoms with Gasteiger partial charge in [0.05, 0.1) is 19.4 Å². The first-order valence-electron chi connectivity index (χ1n) is 8.29. The molecule has 1 aromatic heterocycles. The molecule has 0 bridgehead atoms. The summed E-state index contributed by atoms with van der Waals surface area (Å²) in [5, 5.41) is 33.8. The minimum atomic E-state index is -2.74. The summed E-state index contributed by atoms with van der Waals surface area (Å²) in [5.41, 5.74) is -2.74. The number of carboxylic acids is 3. The maximum Gasteiger partial charge on any atom is 0.336 e. The van der Waals surface area contributed by atoms with E-state index in [1.54, 1.807) is 31.5 Å². The van der Waals surface area contributed by atoms with E-state index in [2.05, 4.69) is 9.72 Å². The monoisotopic (exact) mass is 411 g/mol. The van der Waals surface area contributed by atoms with Crippen molar-refractivity contribution in [3.8, 4) is 0 Å². The summed E-state index contributed by atoms with van der Waals surface area (Å²) in [5.74, 6) is -5.31. The van der Waals surface area contributed by atoms with Crippen LogP contribution in [-0.4, -0.2) is 61.5 Å². The second-order valence-corrected chi connectivity index (χ2v) is 5.14. The molecule has 4 N–H and O–H groups in total. The van der Waals surface area contributed by atoms with Crippen LogP contribution >= 0.6 is 0 Å². The molecule has 0 atom stereocenters. The summed E-state index contributed by atoms with van der Waals surface area (Å²) in [6.07, 6.45) is 7.87. The third-order valence-electron chi connectivity index (χ3n) is 2.67. The first-order chi connectivity index (χ1) is 13.6. The highest BCUT2D eigenvalue weighted by atomic mass is 16.5. The van der Waals surface area contributed by atoms with Crippen LogP contribution in [0.3, 0.4) is 0 Å². The van der Waals surface area contributed by atoms with Crippen LogP contribution in [-0.2, 0) is 23.9 Å². The minimum absolute atomic E-state index is 0.291. The molecule has 0 saturated carbocycles. The number of allylic oxidation sites excluding steroid dienone is 3. The van der Waals surface area contributed by atoms with Crippen LogP contribution in [0.15, 0.2) is 54.9 Å². The highest BCUT2D eigenvalue weighted by molar-refractivity contribution is 5.88. The molecule has 0 aliphatic carbocycles. The summed E-state index contributed by atoms with van der Waals surface area (Å²) < 4.78 is 4.63. The van der Waals surface area contributed by atoms with Gasteiger partial charge in [-0.05, 0) is 26.0 Å². The van der Waals surface area contributed by atoms with Crippen LogP contribution < -0.4 is 0 Å². The van der Waals surface area contributed by atoms with Crippen LogP contribution in [0.25, 0.3) is 0 Å². The maximum absolute atomic E-state index is 10.6. The molecule has 1 heterocycles. The number of pyridine rings is 1. The van der Waals surface area contributed by atoms with Crippen molar-refractivity contribution in [2.75, 3.05) is 6.61 Å². The molecule has 0 fully saturated rings. The lowest BCUT2D eigenvalue weighted by Crippen LogP contribution is -2.42. The molecule has 0 saturated heterocycles. The van der Waals surface area contributed by atoms with Gasteiger partial charge in [0.15, 0.2) is 5.60 Å². The number of nitrogens with zero attached hydrogens (tertiary/aromatic N) is 1. The Labute approximate surface area is 167 Å². The number of carbonyl (C=O) groups excluding carboxylic acids is 1. The number of ether oxygens (including phenoxy) is 1. The molecule has 10 heteroatoms. The van der Waals surface area contributed by atoms with E-state index in [1.807, 2.05) is 31.2 Å². The fourth-order valence-corrected chi connectivity index (χ4v) is 1.46. The van der Waals surface area contributed by atoms with E-state index in [4.69, 9.17) is 20.4 Å². The molecule has 0 aliphatic rings. The third kappa shape index (κ3) is 17.6. The van der Waals surface area contributed by atoms with Crippen LogP contribution in [0.5, 0.6) is 0 Å². The third-order valence-corrected chi connectivity index (χ3v) is 2.67. The molecule has 1 rings (SSSR count). The summed E-state index contributed by atoms with van der Waals surface area (Å²) in [4.78, 5) is 44.8. The molecule has 10 nitrogen and oxygen atoms in total. The average molecular weight is 411 g/mol. The van der Waals surface area contributed by atoms with Gasteiger partial charge in [0.1, 0.15) is 0 Å². The van der Waals surface area contributed by atoms with Crippen molar-refractivity contribution in [1.82, 2.24) is 4.98 Å². The summed E-state index contributed by atoms with van der Waals surface area (Å²) in [7, 11) is 0. The highest BCUT2D eigenvalue weighted by Gasteiger charge is 2.40. The molecular formula is C19H25NO9. The molecule has 1 aromatic rings. The van der Waals surface area contributed by atoms with E-state index in [9.17, 15) is 19.2 Å². The lowest BCUT2D eigenvalue weighted by atomic mass is 9.96. The highest BCUT2D eigenvalue weighted by Crippen LogP contribution is 2.15. The van der Waals surface area contributed by atoms with E-state index in [0.717, 1.165) is 0 Å². The molecule has 0 radical (unpaired) electrons. The number of rotatable bonds is 8. The molecule has 29 heavy (non-hydrogen) atoms. The first-order valence-corrected chi connectivity index (χ1v) is 8.29. The zero-order valence-corrected chi connectivity index (χ0v) is 16.1. The van der Waals surface area contributed by atoms with E-state index >= 15 is 0 Å². The minimum Gasteiger partial charge on any atom is -0.481 e. The van der Waals surface area contributed by atoms with Gasteiger partial charge in [0, 0.05) is 18.5 Å². The van der Waals surface area contributed by atoms with Gasteiger partial charge < -0.3 is 25.2 Å². The molecule has 0 aromatic carbocycles. The summed E-state index contributed by atoms with van der Waals surface area (Å²) in [6.45, 7) is 4.09. The number of aliphatic carboxylic acids is 3. The Morgan fingerprint density at radius 2 is 1.48 bits per heavy atom. The number of carbonyl (C=O) groups is 4. The number of carboxylic acid groups (broad SMARTS) is 3. The number of hydrogen-bond acceptors (Lipinski definition) is 7. The Hall–Kier alpha value is -3.53. The number of aromatic nitrogens is 1. The Balaban J connectivity index is 0. The zero-order chi connectivity index (χ0) is 22.7. The number of aliphatic hydroxyl groups is 1. The largest absolute Gasteiger partial charge is 0.481 e. The van der Waals surface area contributed by atoms with Gasteiger partial charge in [-0.2, -0.15) is 0 Å². The van der Waals surface area contributed by atoms with Crippen LogP contribution in [0.2, 0.25) is 0 Å². The fraction of sp³-hybridized carbons (Fsp3) is 0.316. The van der Waals surface area contributed by atoms with E-state index in [0.29, 0.717) is 6.61 Å². The molecule has 0 aliphatic heterocycles. The van der Waals surface area contributed by atoms with Crippen molar-refractivity contribution in [2.24, 2.45) is 0 Å². The normalized spacial score (nSPS) is 10.3. The smallest absolute Gasteiger partial charge is 0.336 e. The summed E-state index contributed by atoms with van der Waals surface area (Å²) in [6, 6.07) is 5.72. The molecular weight excluding hydrogens is 386 g/mol. The van der Waals surface area contributed by atoms with E-state index in [1.165, 1.54) is 6.08 Å². The molecule has 160 valence electrons. The van der Waals surface area contributed by atoms with Gasteiger partial charge in [-0.25, -0.2) is 9.59 Å².